The maximum atomic E-state index is 13.2. The van der Waals surface area contributed by atoms with Crippen LogP contribution in [0.25, 0.3) is 10.9 Å². The van der Waals surface area contributed by atoms with Crippen molar-refractivity contribution in [3.63, 3.8) is 0 Å². The van der Waals surface area contributed by atoms with E-state index < -0.39 is 27.7 Å². The van der Waals surface area contributed by atoms with Gasteiger partial charge in [0, 0.05) is 36.2 Å². The van der Waals surface area contributed by atoms with Crippen molar-refractivity contribution >= 4 is 26.9 Å². The number of para-hydroxylation sites is 1. The van der Waals surface area contributed by atoms with Crippen LogP contribution in [-0.2, 0) is 27.8 Å². The Kier molecular flexibility index (Phi) is 5.15. The van der Waals surface area contributed by atoms with Crippen LogP contribution < -0.4 is 0 Å². The number of likely N-dealkylation sites (N-methyl/N-ethyl adjacent to an activating group) is 1. The van der Waals surface area contributed by atoms with Crippen molar-refractivity contribution in [1.82, 2.24) is 8.87 Å². The number of carboxylic acid groups (broad SMARTS) is 1. The molecule has 0 saturated heterocycles. The summed E-state index contributed by atoms with van der Waals surface area (Å²) in [6.45, 7) is 2.11. The SMILES string of the molecule is CC(C(=O)O)c1c2n(c3ccccc13)CC(N(C)S(=O)(=O)c1ccc(F)cc1)CC2. The minimum atomic E-state index is -3.77. The molecule has 0 amide bonds. The van der Waals surface area contributed by atoms with Gasteiger partial charge in [-0.25, -0.2) is 12.8 Å². The van der Waals surface area contributed by atoms with Gasteiger partial charge in [0.15, 0.2) is 0 Å². The van der Waals surface area contributed by atoms with Crippen molar-refractivity contribution < 1.29 is 22.7 Å². The zero-order valence-corrected chi connectivity index (χ0v) is 17.6. The van der Waals surface area contributed by atoms with Crippen LogP contribution in [0.3, 0.4) is 0 Å². The third kappa shape index (κ3) is 3.30. The molecule has 0 spiro atoms. The highest BCUT2D eigenvalue weighted by molar-refractivity contribution is 7.89. The standard InChI is InChI=1S/C22H23FN2O4S/c1-14(22(26)27)21-18-5-3-4-6-19(18)25-13-16(9-12-20(21)25)24(2)30(28,29)17-10-7-15(23)8-11-17/h3-8,10-11,14,16H,9,12-13H2,1-2H3,(H,26,27). The molecule has 2 atom stereocenters. The van der Waals surface area contributed by atoms with Gasteiger partial charge in [-0.2, -0.15) is 4.31 Å². The van der Waals surface area contributed by atoms with Gasteiger partial charge in [0.2, 0.25) is 10.0 Å². The number of carbonyl (C=O) groups is 1. The van der Waals surface area contributed by atoms with E-state index in [-0.39, 0.29) is 10.9 Å². The van der Waals surface area contributed by atoms with Gasteiger partial charge >= 0.3 is 5.97 Å². The Morgan fingerprint density at radius 2 is 1.87 bits per heavy atom. The zero-order valence-electron chi connectivity index (χ0n) is 16.7. The Morgan fingerprint density at radius 1 is 1.20 bits per heavy atom. The molecule has 1 N–H and O–H groups in total. The number of aromatic nitrogens is 1. The van der Waals surface area contributed by atoms with Crippen molar-refractivity contribution in [2.75, 3.05) is 7.05 Å². The van der Waals surface area contributed by atoms with Gasteiger partial charge < -0.3 is 9.67 Å². The largest absolute Gasteiger partial charge is 0.481 e. The molecule has 1 aromatic heterocycles. The van der Waals surface area contributed by atoms with Crippen LogP contribution >= 0.6 is 0 Å². The Bertz CT molecular complexity index is 1220. The van der Waals surface area contributed by atoms with E-state index in [1.54, 1.807) is 14.0 Å². The molecule has 2 unspecified atom stereocenters. The van der Waals surface area contributed by atoms with E-state index >= 15 is 0 Å². The van der Waals surface area contributed by atoms with Gasteiger partial charge in [0.1, 0.15) is 5.82 Å². The molecule has 2 aromatic carbocycles. The number of aliphatic carboxylic acids is 1. The smallest absolute Gasteiger partial charge is 0.310 e. The number of rotatable bonds is 5. The van der Waals surface area contributed by atoms with E-state index in [1.807, 2.05) is 24.3 Å². The van der Waals surface area contributed by atoms with Crippen molar-refractivity contribution in [3.05, 3.63) is 65.6 Å². The zero-order chi connectivity index (χ0) is 21.6. The fraction of sp³-hybridized carbons (Fsp3) is 0.318. The molecule has 0 fully saturated rings. The molecule has 1 aliphatic heterocycles. The summed E-state index contributed by atoms with van der Waals surface area (Å²) < 4.78 is 42.7. The van der Waals surface area contributed by atoms with Crippen LogP contribution in [0.15, 0.2) is 53.4 Å². The normalized spacial score (nSPS) is 17.8. The Morgan fingerprint density at radius 3 is 2.53 bits per heavy atom. The molecular formula is C22H23FN2O4S. The number of carboxylic acids is 1. The van der Waals surface area contributed by atoms with Gasteiger partial charge in [-0.3, -0.25) is 4.79 Å². The van der Waals surface area contributed by atoms with Gasteiger partial charge in [0.05, 0.1) is 10.8 Å². The number of nitrogens with zero attached hydrogens (tertiary/aromatic N) is 2. The van der Waals surface area contributed by atoms with Crippen LogP contribution in [0, 0.1) is 5.82 Å². The van der Waals surface area contributed by atoms with Gasteiger partial charge in [-0.15, -0.1) is 0 Å². The minimum absolute atomic E-state index is 0.0507. The van der Waals surface area contributed by atoms with Gasteiger partial charge in [0.25, 0.3) is 0 Å². The summed E-state index contributed by atoms with van der Waals surface area (Å²) in [6.07, 6.45) is 1.15. The average Bonchev–Trinajstić information content (AvgIpc) is 3.06. The van der Waals surface area contributed by atoms with Gasteiger partial charge in [-0.05, 0) is 55.7 Å². The van der Waals surface area contributed by atoms with Crippen molar-refractivity contribution in [2.24, 2.45) is 0 Å². The summed E-state index contributed by atoms with van der Waals surface area (Å²) in [7, 11) is -2.23. The van der Waals surface area contributed by atoms with E-state index in [4.69, 9.17) is 0 Å². The molecule has 30 heavy (non-hydrogen) atoms. The first-order valence-electron chi connectivity index (χ1n) is 9.78. The highest BCUT2D eigenvalue weighted by Crippen LogP contribution is 2.37. The first-order chi connectivity index (χ1) is 14.2. The number of hydrogen-bond acceptors (Lipinski definition) is 3. The molecule has 0 saturated carbocycles. The Labute approximate surface area is 174 Å². The van der Waals surface area contributed by atoms with Crippen LogP contribution in [0.5, 0.6) is 0 Å². The van der Waals surface area contributed by atoms with Crippen molar-refractivity contribution in [1.29, 1.82) is 0 Å². The second kappa shape index (κ2) is 7.52. The van der Waals surface area contributed by atoms with Crippen LogP contribution in [0.2, 0.25) is 0 Å². The molecule has 6 nitrogen and oxygen atoms in total. The average molecular weight is 431 g/mol. The predicted molar refractivity (Wildman–Crippen MR) is 111 cm³/mol. The van der Waals surface area contributed by atoms with E-state index in [0.29, 0.717) is 19.4 Å². The molecule has 158 valence electrons. The molecule has 2 heterocycles. The second-order valence-electron chi connectivity index (χ2n) is 7.72. The monoisotopic (exact) mass is 430 g/mol. The summed E-state index contributed by atoms with van der Waals surface area (Å²) in [5.41, 5.74) is 2.67. The third-order valence-corrected chi connectivity index (χ3v) is 7.96. The summed E-state index contributed by atoms with van der Waals surface area (Å²) >= 11 is 0. The Hall–Kier alpha value is -2.71. The van der Waals surface area contributed by atoms with Crippen molar-refractivity contribution in [3.8, 4) is 0 Å². The van der Waals surface area contributed by atoms with Gasteiger partial charge in [-0.1, -0.05) is 18.2 Å². The fourth-order valence-corrected chi connectivity index (χ4v) is 5.72. The molecular weight excluding hydrogens is 407 g/mol. The molecule has 8 heteroatoms. The Balaban J connectivity index is 1.72. The first-order valence-corrected chi connectivity index (χ1v) is 11.2. The summed E-state index contributed by atoms with van der Waals surface area (Å²) in [6, 6.07) is 12.2. The quantitative estimate of drug-likeness (QED) is 0.671. The molecule has 0 bridgehead atoms. The lowest BCUT2D eigenvalue weighted by molar-refractivity contribution is -0.138. The highest BCUT2D eigenvalue weighted by Gasteiger charge is 2.34. The molecule has 0 radical (unpaired) electrons. The number of hydrogen-bond donors (Lipinski definition) is 1. The molecule has 0 aliphatic carbocycles. The lowest BCUT2D eigenvalue weighted by Gasteiger charge is -2.32. The van der Waals surface area contributed by atoms with E-state index in [0.717, 1.165) is 34.3 Å². The van der Waals surface area contributed by atoms with E-state index in [2.05, 4.69) is 4.57 Å². The molecule has 4 rings (SSSR count). The fourth-order valence-electron chi connectivity index (χ4n) is 4.34. The topological polar surface area (TPSA) is 79.6 Å². The highest BCUT2D eigenvalue weighted by atomic mass is 32.2. The number of sulfonamides is 1. The predicted octanol–water partition coefficient (Wildman–Crippen LogP) is 3.60. The first kappa shape index (κ1) is 20.6. The molecule has 3 aromatic rings. The maximum Gasteiger partial charge on any atom is 0.310 e. The van der Waals surface area contributed by atoms with E-state index in [1.165, 1.54) is 16.4 Å². The number of halogens is 1. The number of fused-ring (bicyclic) bond motifs is 3. The van der Waals surface area contributed by atoms with Crippen LogP contribution in [0.1, 0.15) is 30.5 Å². The van der Waals surface area contributed by atoms with E-state index in [9.17, 15) is 22.7 Å². The lowest BCUT2D eigenvalue weighted by Crippen LogP contribution is -2.42. The number of benzene rings is 2. The van der Waals surface area contributed by atoms with Crippen LogP contribution in [-0.4, -0.2) is 41.5 Å². The lowest BCUT2D eigenvalue weighted by atomic mass is 9.94. The summed E-state index contributed by atoms with van der Waals surface area (Å²) in [5, 5.41) is 10.5. The van der Waals surface area contributed by atoms with Crippen LogP contribution in [0.4, 0.5) is 4.39 Å². The summed E-state index contributed by atoms with van der Waals surface area (Å²) in [4.78, 5) is 11.7. The van der Waals surface area contributed by atoms with Crippen molar-refractivity contribution in [2.45, 2.75) is 43.2 Å². The third-order valence-electron chi connectivity index (χ3n) is 6.04. The minimum Gasteiger partial charge on any atom is -0.481 e. The maximum absolute atomic E-state index is 13.2. The summed E-state index contributed by atoms with van der Waals surface area (Å²) in [5.74, 6) is -2.02. The molecule has 1 aliphatic rings. The second-order valence-corrected chi connectivity index (χ2v) is 9.71.